The molecule has 0 bridgehead atoms. The van der Waals surface area contributed by atoms with E-state index in [2.05, 4.69) is 83.3 Å². The molecule has 20 heavy (non-hydrogen) atoms. The number of hydrogen-bond acceptors (Lipinski definition) is 0. The van der Waals surface area contributed by atoms with Crippen molar-refractivity contribution in [3.05, 3.63) is 69.8 Å². The summed E-state index contributed by atoms with van der Waals surface area (Å²) in [6.45, 7) is 4.49. The number of benzene rings is 2. The highest BCUT2D eigenvalue weighted by Crippen LogP contribution is 2.29. The maximum Gasteiger partial charge on any atom is 0.0459 e. The van der Waals surface area contributed by atoms with Gasteiger partial charge in [0.2, 0.25) is 0 Å². The van der Waals surface area contributed by atoms with Crippen molar-refractivity contribution in [3.8, 4) is 0 Å². The molecule has 0 atom stereocenters. The van der Waals surface area contributed by atoms with Gasteiger partial charge in [-0.25, -0.2) is 0 Å². The summed E-state index contributed by atoms with van der Waals surface area (Å²) in [6, 6.07) is 17.2. The van der Waals surface area contributed by atoms with E-state index >= 15 is 0 Å². The molecule has 0 aliphatic carbocycles. The Morgan fingerprint density at radius 2 is 1.70 bits per heavy atom. The number of rotatable bonds is 3. The molecule has 2 aromatic carbocycles. The van der Waals surface area contributed by atoms with Gasteiger partial charge in [0, 0.05) is 21.1 Å². The van der Waals surface area contributed by atoms with Crippen LogP contribution >= 0.6 is 15.9 Å². The maximum absolute atomic E-state index is 3.59. The standard InChI is InChI=1S/C18H18BrN/c1-12(2)18-16(11-13-7-9-14(19)10-8-13)15-5-3-4-6-17(15)20-18/h3-10,12,20H,11H2,1-2H3. The average Bonchev–Trinajstić information content (AvgIpc) is 2.81. The molecule has 1 aromatic heterocycles. The van der Waals surface area contributed by atoms with Crippen LogP contribution in [0.3, 0.4) is 0 Å². The molecule has 1 N–H and O–H groups in total. The summed E-state index contributed by atoms with van der Waals surface area (Å²) >= 11 is 3.49. The fourth-order valence-corrected chi connectivity index (χ4v) is 2.97. The first kappa shape index (κ1) is 13.4. The van der Waals surface area contributed by atoms with Crippen molar-refractivity contribution >= 4 is 26.8 Å². The summed E-state index contributed by atoms with van der Waals surface area (Å²) in [6.07, 6.45) is 0.977. The highest BCUT2D eigenvalue weighted by molar-refractivity contribution is 9.10. The summed E-state index contributed by atoms with van der Waals surface area (Å²) in [4.78, 5) is 3.59. The van der Waals surface area contributed by atoms with Crippen LogP contribution in [0.5, 0.6) is 0 Å². The van der Waals surface area contributed by atoms with E-state index < -0.39 is 0 Å². The second kappa shape index (κ2) is 5.45. The molecule has 0 radical (unpaired) electrons. The van der Waals surface area contributed by atoms with Crippen molar-refractivity contribution in [2.75, 3.05) is 0 Å². The number of halogens is 1. The van der Waals surface area contributed by atoms with E-state index in [-0.39, 0.29) is 0 Å². The van der Waals surface area contributed by atoms with E-state index in [4.69, 9.17) is 0 Å². The molecule has 0 fully saturated rings. The lowest BCUT2D eigenvalue weighted by Crippen LogP contribution is -1.96. The van der Waals surface area contributed by atoms with Crippen molar-refractivity contribution in [1.82, 2.24) is 4.98 Å². The van der Waals surface area contributed by atoms with Crippen molar-refractivity contribution in [2.24, 2.45) is 0 Å². The van der Waals surface area contributed by atoms with Gasteiger partial charge in [-0.2, -0.15) is 0 Å². The number of aromatic amines is 1. The van der Waals surface area contributed by atoms with Gasteiger partial charge in [0.05, 0.1) is 0 Å². The molecule has 0 aliphatic heterocycles. The Bertz CT molecular complexity index is 723. The molecule has 1 nitrogen and oxygen atoms in total. The van der Waals surface area contributed by atoms with Crippen LogP contribution < -0.4 is 0 Å². The molecular formula is C18H18BrN. The van der Waals surface area contributed by atoms with Crippen molar-refractivity contribution < 1.29 is 0 Å². The van der Waals surface area contributed by atoms with E-state index in [1.807, 2.05) is 0 Å². The van der Waals surface area contributed by atoms with Gasteiger partial charge < -0.3 is 4.98 Å². The second-order valence-corrected chi connectivity index (χ2v) is 6.44. The molecule has 3 aromatic rings. The van der Waals surface area contributed by atoms with Crippen molar-refractivity contribution in [3.63, 3.8) is 0 Å². The first-order valence-corrected chi connectivity index (χ1v) is 7.78. The topological polar surface area (TPSA) is 15.8 Å². The summed E-state index contributed by atoms with van der Waals surface area (Å²) in [5, 5.41) is 1.35. The predicted octanol–water partition coefficient (Wildman–Crippen LogP) is 5.64. The number of fused-ring (bicyclic) bond motifs is 1. The van der Waals surface area contributed by atoms with Gasteiger partial charge in [-0.1, -0.05) is 60.1 Å². The Hall–Kier alpha value is -1.54. The van der Waals surface area contributed by atoms with E-state index in [1.54, 1.807) is 0 Å². The number of hydrogen-bond donors (Lipinski definition) is 1. The highest BCUT2D eigenvalue weighted by Gasteiger charge is 2.14. The normalized spacial score (nSPS) is 11.4. The zero-order chi connectivity index (χ0) is 14.1. The van der Waals surface area contributed by atoms with Crippen molar-refractivity contribution in [1.29, 1.82) is 0 Å². The largest absolute Gasteiger partial charge is 0.358 e. The van der Waals surface area contributed by atoms with Gasteiger partial charge in [-0.15, -0.1) is 0 Å². The maximum atomic E-state index is 3.59. The van der Waals surface area contributed by atoms with Crippen LogP contribution in [-0.4, -0.2) is 4.98 Å². The molecule has 3 rings (SSSR count). The Labute approximate surface area is 128 Å². The molecule has 0 spiro atoms. The van der Waals surface area contributed by atoms with Crippen LogP contribution in [0.1, 0.15) is 36.6 Å². The number of para-hydroxylation sites is 1. The fraction of sp³-hybridized carbons (Fsp3) is 0.222. The second-order valence-electron chi connectivity index (χ2n) is 5.52. The highest BCUT2D eigenvalue weighted by atomic mass is 79.9. The van der Waals surface area contributed by atoms with Crippen LogP contribution in [0.4, 0.5) is 0 Å². The van der Waals surface area contributed by atoms with Gasteiger partial charge in [0.15, 0.2) is 0 Å². The van der Waals surface area contributed by atoms with Gasteiger partial charge in [0.1, 0.15) is 0 Å². The summed E-state index contributed by atoms with van der Waals surface area (Å²) in [5.74, 6) is 0.507. The SMILES string of the molecule is CC(C)c1[nH]c2ccccc2c1Cc1ccc(Br)cc1. The quantitative estimate of drug-likeness (QED) is 0.640. The van der Waals surface area contributed by atoms with E-state index in [0.29, 0.717) is 5.92 Å². The lowest BCUT2D eigenvalue weighted by Gasteiger charge is -2.08. The van der Waals surface area contributed by atoms with E-state index in [9.17, 15) is 0 Å². The Kier molecular flexibility index (Phi) is 3.66. The Morgan fingerprint density at radius 1 is 1.00 bits per heavy atom. The predicted molar refractivity (Wildman–Crippen MR) is 89.3 cm³/mol. The average molecular weight is 328 g/mol. The first-order valence-electron chi connectivity index (χ1n) is 6.99. The van der Waals surface area contributed by atoms with Crippen LogP contribution in [0.15, 0.2) is 53.0 Å². The summed E-state index contributed by atoms with van der Waals surface area (Å²) in [5.41, 5.74) is 5.37. The van der Waals surface area contributed by atoms with E-state index in [1.165, 1.54) is 27.7 Å². The summed E-state index contributed by atoms with van der Waals surface area (Å²) in [7, 11) is 0. The number of nitrogens with one attached hydrogen (secondary N) is 1. The molecule has 0 unspecified atom stereocenters. The Morgan fingerprint density at radius 3 is 2.40 bits per heavy atom. The van der Waals surface area contributed by atoms with Gasteiger partial charge in [-0.05, 0) is 41.7 Å². The minimum absolute atomic E-state index is 0.507. The monoisotopic (exact) mass is 327 g/mol. The number of aromatic nitrogens is 1. The zero-order valence-electron chi connectivity index (χ0n) is 11.8. The van der Waals surface area contributed by atoms with Gasteiger partial charge >= 0.3 is 0 Å². The van der Waals surface area contributed by atoms with Crippen molar-refractivity contribution in [2.45, 2.75) is 26.2 Å². The molecule has 0 saturated carbocycles. The minimum Gasteiger partial charge on any atom is -0.358 e. The molecule has 2 heteroatoms. The fourth-order valence-electron chi connectivity index (χ4n) is 2.71. The third kappa shape index (κ3) is 2.53. The third-order valence-electron chi connectivity index (χ3n) is 3.72. The van der Waals surface area contributed by atoms with Crippen LogP contribution in [0.25, 0.3) is 10.9 Å². The van der Waals surface area contributed by atoms with Crippen LogP contribution in [-0.2, 0) is 6.42 Å². The minimum atomic E-state index is 0.507. The number of H-pyrrole nitrogens is 1. The molecule has 0 aliphatic rings. The third-order valence-corrected chi connectivity index (χ3v) is 4.25. The molecule has 102 valence electrons. The Balaban J connectivity index is 2.09. The summed E-state index contributed by atoms with van der Waals surface area (Å²) < 4.78 is 1.13. The molecular weight excluding hydrogens is 310 g/mol. The molecule has 0 saturated heterocycles. The zero-order valence-corrected chi connectivity index (χ0v) is 13.4. The van der Waals surface area contributed by atoms with Crippen LogP contribution in [0.2, 0.25) is 0 Å². The molecule has 0 amide bonds. The lowest BCUT2D eigenvalue weighted by atomic mass is 9.97. The lowest BCUT2D eigenvalue weighted by molar-refractivity contribution is 0.821. The smallest absolute Gasteiger partial charge is 0.0459 e. The van der Waals surface area contributed by atoms with E-state index in [0.717, 1.165) is 10.9 Å². The van der Waals surface area contributed by atoms with Crippen LogP contribution in [0, 0.1) is 0 Å². The van der Waals surface area contributed by atoms with Gasteiger partial charge in [-0.3, -0.25) is 0 Å². The van der Waals surface area contributed by atoms with Gasteiger partial charge in [0.25, 0.3) is 0 Å². The first-order chi connectivity index (χ1) is 9.65. The molecule has 1 heterocycles.